The van der Waals surface area contributed by atoms with E-state index in [4.69, 9.17) is 11.6 Å². The van der Waals surface area contributed by atoms with Crippen molar-refractivity contribution in [1.82, 2.24) is 15.2 Å². The van der Waals surface area contributed by atoms with Crippen LogP contribution in [0.4, 0.5) is 11.4 Å². The molecule has 0 unspecified atom stereocenters. The fourth-order valence-electron chi connectivity index (χ4n) is 2.52. The molecule has 0 aliphatic carbocycles. The first-order valence-electron chi connectivity index (χ1n) is 6.60. The molecule has 10 heteroatoms. The van der Waals surface area contributed by atoms with Gasteiger partial charge in [0.25, 0.3) is 0 Å². The van der Waals surface area contributed by atoms with Crippen molar-refractivity contribution in [1.29, 1.82) is 0 Å². The molecule has 2 heterocycles. The van der Waals surface area contributed by atoms with Crippen LogP contribution in [0.5, 0.6) is 0 Å². The SMILES string of the molecule is O=C(CCl)N1CCN(c2ccc([N+](=O)[O-])c3nonc23)CC1. The lowest BCUT2D eigenvalue weighted by atomic mass is 10.2. The summed E-state index contributed by atoms with van der Waals surface area (Å²) in [5, 5.41) is 18.4. The average molecular weight is 326 g/mol. The van der Waals surface area contributed by atoms with E-state index in [-0.39, 0.29) is 23.0 Å². The monoisotopic (exact) mass is 325 g/mol. The zero-order chi connectivity index (χ0) is 15.7. The molecule has 1 aromatic heterocycles. The van der Waals surface area contributed by atoms with Crippen molar-refractivity contribution in [2.75, 3.05) is 37.0 Å². The molecule has 116 valence electrons. The lowest BCUT2D eigenvalue weighted by molar-refractivity contribution is -0.383. The zero-order valence-electron chi connectivity index (χ0n) is 11.4. The maximum atomic E-state index is 11.6. The molecule has 0 radical (unpaired) electrons. The third kappa shape index (κ3) is 2.43. The fourth-order valence-corrected chi connectivity index (χ4v) is 2.69. The van der Waals surface area contributed by atoms with Gasteiger partial charge < -0.3 is 9.80 Å². The van der Waals surface area contributed by atoms with Gasteiger partial charge in [-0.1, -0.05) is 0 Å². The minimum atomic E-state index is -0.520. The lowest BCUT2D eigenvalue weighted by Gasteiger charge is -2.35. The van der Waals surface area contributed by atoms with E-state index in [0.29, 0.717) is 37.4 Å². The number of alkyl halides is 1. The Balaban J connectivity index is 1.86. The number of hydrogen-bond donors (Lipinski definition) is 0. The number of carbonyl (C=O) groups excluding carboxylic acids is 1. The topological polar surface area (TPSA) is 106 Å². The minimum Gasteiger partial charge on any atom is -0.366 e. The molecule has 0 atom stereocenters. The molecule has 1 aliphatic heterocycles. The number of nitro groups is 1. The number of amides is 1. The van der Waals surface area contributed by atoms with Crippen LogP contribution in [0.15, 0.2) is 16.8 Å². The largest absolute Gasteiger partial charge is 0.366 e. The summed E-state index contributed by atoms with van der Waals surface area (Å²) in [7, 11) is 0. The van der Waals surface area contributed by atoms with Gasteiger partial charge in [-0.15, -0.1) is 11.6 Å². The number of carbonyl (C=O) groups is 1. The molecule has 0 spiro atoms. The van der Waals surface area contributed by atoms with Crippen LogP contribution in [0.25, 0.3) is 11.0 Å². The maximum Gasteiger partial charge on any atom is 0.300 e. The van der Waals surface area contributed by atoms with Gasteiger partial charge in [0.05, 0.1) is 10.6 Å². The van der Waals surface area contributed by atoms with Crippen molar-refractivity contribution in [3.05, 3.63) is 22.2 Å². The van der Waals surface area contributed by atoms with Crippen LogP contribution in [0.3, 0.4) is 0 Å². The molecule has 2 aromatic rings. The summed E-state index contributed by atoms with van der Waals surface area (Å²) in [5.41, 5.74) is 1.05. The van der Waals surface area contributed by atoms with Gasteiger partial charge >= 0.3 is 5.69 Å². The van der Waals surface area contributed by atoms with Crippen LogP contribution in [-0.2, 0) is 4.79 Å². The van der Waals surface area contributed by atoms with Crippen LogP contribution < -0.4 is 4.90 Å². The second-order valence-electron chi connectivity index (χ2n) is 4.82. The van der Waals surface area contributed by atoms with E-state index in [1.807, 2.05) is 4.90 Å². The van der Waals surface area contributed by atoms with Crippen molar-refractivity contribution in [2.45, 2.75) is 0 Å². The summed E-state index contributed by atoms with van der Waals surface area (Å²) < 4.78 is 4.65. The Hall–Kier alpha value is -2.42. The molecule has 22 heavy (non-hydrogen) atoms. The number of hydrogen-bond acceptors (Lipinski definition) is 7. The van der Waals surface area contributed by atoms with Crippen LogP contribution in [0.1, 0.15) is 0 Å². The predicted molar refractivity (Wildman–Crippen MR) is 78.0 cm³/mol. The second-order valence-corrected chi connectivity index (χ2v) is 5.09. The Morgan fingerprint density at radius 2 is 1.95 bits per heavy atom. The van der Waals surface area contributed by atoms with Crippen LogP contribution in [0.2, 0.25) is 0 Å². The smallest absolute Gasteiger partial charge is 0.300 e. The number of benzene rings is 1. The molecule has 0 saturated carbocycles. The Bertz CT molecular complexity index is 725. The highest BCUT2D eigenvalue weighted by atomic mass is 35.5. The molecule has 3 rings (SSSR count). The number of piperazine rings is 1. The van der Waals surface area contributed by atoms with Gasteiger partial charge in [-0.3, -0.25) is 14.9 Å². The van der Waals surface area contributed by atoms with Crippen molar-refractivity contribution < 1.29 is 14.3 Å². The molecule has 1 saturated heterocycles. The van der Waals surface area contributed by atoms with Crippen LogP contribution in [0, 0.1) is 10.1 Å². The van der Waals surface area contributed by atoms with Gasteiger partial charge in [0.15, 0.2) is 5.52 Å². The number of fused-ring (bicyclic) bond motifs is 1. The number of halogens is 1. The van der Waals surface area contributed by atoms with E-state index in [1.54, 1.807) is 11.0 Å². The summed E-state index contributed by atoms with van der Waals surface area (Å²) in [4.78, 5) is 25.7. The van der Waals surface area contributed by atoms with Gasteiger partial charge in [0.1, 0.15) is 5.88 Å². The molecular weight excluding hydrogens is 314 g/mol. The summed E-state index contributed by atoms with van der Waals surface area (Å²) in [6.45, 7) is 2.25. The molecule has 1 amide bonds. The van der Waals surface area contributed by atoms with Crippen molar-refractivity contribution >= 4 is 39.9 Å². The van der Waals surface area contributed by atoms with Crippen LogP contribution in [-0.4, -0.2) is 58.1 Å². The first kappa shape index (κ1) is 14.5. The number of non-ortho nitro benzene ring substituents is 1. The molecule has 1 aromatic carbocycles. The first-order valence-corrected chi connectivity index (χ1v) is 7.13. The number of rotatable bonds is 3. The molecule has 9 nitrogen and oxygen atoms in total. The molecular formula is C12H12ClN5O4. The molecule has 0 N–H and O–H groups in total. The fraction of sp³-hybridized carbons (Fsp3) is 0.417. The molecule has 0 bridgehead atoms. The third-order valence-electron chi connectivity index (χ3n) is 3.66. The summed E-state index contributed by atoms with van der Waals surface area (Å²) in [5.74, 6) is -0.132. The van der Waals surface area contributed by atoms with E-state index < -0.39 is 4.92 Å². The highest BCUT2D eigenvalue weighted by molar-refractivity contribution is 6.27. The van der Waals surface area contributed by atoms with Gasteiger partial charge in [0.2, 0.25) is 11.4 Å². The second kappa shape index (κ2) is 5.76. The van der Waals surface area contributed by atoms with E-state index in [2.05, 4.69) is 14.9 Å². The van der Waals surface area contributed by atoms with E-state index in [0.717, 1.165) is 0 Å². The normalized spacial score (nSPS) is 15.3. The van der Waals surface area contributed by atoms with E-state index >= 15 is 0 Å². The number of nitrogens with zero attached hydrogens (tertiary/aromatic N) is 5. The number of nitro benzene ring substituents is 1. The predicted octanol–water partition coefficient (Wildman–Crippen LogP) is 1.02. The number of aromatic nitrogens is 2. The van der Waals surface area contributed by atoms with Crippen LogP contribution >= 0.6 is 11.6 Å². The average Bonchev–Trinajstić information content (AvgIpc) is 3.02. The van der Waals surface area contributed by atoms with E-state index in [1.165, 1.54) is 6.07 Å². The Morgan fingerprint density at radius 3 is 2.59 bits per heavy atom. The summed E-state index contributed by atoms with van der Waals surface area (Å²) >= 11 is 5.55. The molecule has 1 fully saturated rings. The van der Waals surface area contributed by atoms with Crippen molar-refractivity contribution in [3.8, 4) is 0 Å². The quantitative estimate of drug-likeness (QED) is 0.471. The van der Waals surface area contributed by atoms with Gasteiger partial charge in [-0.2, -0.15) is 0 Å². The van der Waals surface area contributed by atoms with Crippen molar-refractivity contribution in [3.63, 3.8) is 0 Å². The number of anilines is 1. The maximum absolute atomic E-state index is 11.6. The first-order chi connectivity index (χ1) is 10.6. The summed E-state index contributed by atoms with van der Waals surface area (Å²) in [6.07, 6.45) is 0. The Morgan fingerprint density at radius 1 is 1.27 bits per heavy atom. The Kier molecular flexibility index (Phi) is 3.80. The standard InChI is InChI=1S/C12H12ClN5O4/c13-7-10(19)17-5-3-16(4-6-17)8-1-2-9(18(20)21)12-11(8)14-22-15-12/h1-2H,3-7H2. The highest BCUT2D eigenvalue weighted by Crippen LogP contribution is 2.31. The highest BCUT2D eigenvalue weighted by Gasteiger charge is 2.26. The molecule has 1 aliphatic rings. The van der Waals surface area contributed by atoms with Gasteiger partial charge in [-0.25, -0.2) is 4.63 Å². The van der Waals surface area contributed by atoms with Gasteiger partial charge in [0, 0.05) is 32.2 Å². The zero-order valence-corrected chi connectivity index (χ0v) is 12.2. The summed E-state index contributed by atoms with van der Waals surface area (Å²) in [6, 6.07) is 3.02. The minimum absolute atomic E-state index is 0.0328. The Labute approximate surface area is 129 Å². The van der Waals surface area contributed by atoms with Crippen molar-refractivity contribution in [2.24, 2.45) is 0 Å². The van der Waals surface area contributed by atoms with Gasteiger partial charge in [-0.05, 0) is 16.4 Å². The third-order valence-corrected chi connectivity index (χ3v) is 3.89. The van der Waals surface area contributed by atoms with E-state index in [9.17, 15) is 14.9 Å². The lowest BCUT2D eigenvalue weighted by Crippen LogP contribution is -2.49.